The number of ether oxygens (including phenoxy) is 2. The van der Waals surface area contributed by atoms with Crippen LogP contribution in [0.5, 0.6) is 5.75 Å². The first-order chi connectivity index (χ1) is 11.2. The number of hydrogen-bond donors (Lipinski definition) is 1. The van der Waals surface area contributed by atoms with Gasteiger partial charge in [-0.05, 0) is 35.9 Å². The minimum atomic E-state index is -0.308. The van der Waals surface area contributed by atoms with E-state index in [-0.39, 0.29) is 11.7 Å². The van der Waals surface area contributed by atoms with Gasteiger partial charge < -0.3 is 14.8 Å². The first-order valence-corrected chi connectivity index (χ1v) is 7.14. The number of nitrogens with one attached hydrogen (secondary N) is 1. The van der Waals surface area contributed by atoms with E-state index in [0.29, 0.717) is 24.7 Å². The molecular weight excluding hydrogens is 297 g/mol. The normalized spacial score (nSPS) is 10.7. The first-order valence-electron chi connectivity index (χ1n) is 7.14. The summed E-state index contributed by atoms with van der Waals surface area (Å²) >= 11 is 0. The van der Waals surface area contributed by atoms with Crippen molar-refractivity contribution in [3.63, 3.8) is 0 Å². The van der Waals surface area contributed by atoms with E-state index in [9.17, 15) is 9.18 Å². The van der Waals surface area contributed by atoms with E-state index in [1.54, 1.807) is 49.6 Å². The quantitative estimate of drug-likeness (QED) is 0.628. The number of amides is 1. The van der Waals surface area contributed by atoms with Crippen molar-refractivity contribution in [1.82, 2.24) is 0 Å². The third-order valence-electron chi connectivity index (χ3n) is 2.95. The van der Waals surface area contributed by atoms with Crippen LogP contribution < -0.4 is 10.1 Å². The summed E-state index contributed by atoms with van der Waals surface area (Å²) in [7, 11) is 1.60. The molecule has 0 radical (unpaired) electrons. The summed E-state index contributed by atoms with van der Waals surface area (Å²) in [5.41, 5.74) is 1.38. The molecule has 1 amide bonds. The minimum Gasteiger partial charge on any atom is -0.491 e. The van der Waals surface area contributed by atoms with E-state index in [1.165, 1.54) is 18.2 Å². The molecule has 0 heterocycles. The fourth-order valence-corrected chi connectivity index (χ4v) is 1.84. The minimum absolute atomic E-state index is 0.275. The zero-order chi connectivity index (χ0) is 16.5. The third-order valence-corrected chi connectivity index (χ3v) is 2.95. The molecule has 23 heavy (non-hydrogen) atoms. The van der Waals surface area contributed by atoms with Gasteiger partial charge in [-0.25, -0.2) is 4.39 Å². The maximum absolute atomic E-state index is 12.8. The number of rotatable bonds is 7. The van der Waals surface area contributed by atoms with Crippen LogP contribution >= 0.6 is 0 Å². The van der Waals surface area contributed by atoms with Gasteiger partial charge in [-0.3, -0.25) is 4.79 Å². The van der Waals surface area contributed by atoms with Gasteiger partial charge in [-0.1, -0.05) is 18.2 Å². The molecule has 2 rings (SSSR count). The SMILES string of the molecule is COCCOc1cccc(NC(=O)/C=C/c2ccc(F)cc2)c1. The van der Waals surface area contributed by atoms with Gasteiger partial charge in [0.25, 0.3) is 0 Å². The molecule has 0 aromatic heterocycles. The second-order valence-electron chi connectivity index (χ2n) is 4.74. The van der Waals surface area contributed by atoms with Crippen LogP contribution in [0.4, 0.5) is 10.1 Å². The van der Waals surface area contributed by atoms with Crippen LogP contribution in [0.25, 0.3) is 6.08 Å². The van der Waals surface area contributed by atoms with Crippen LogP contribution in [0.2, 0.25) is 0 Å². The smallest absolute Gasteiger partial charge is 0.248 e. The number of hydrogen-bond acceptors (Lipinski definition) is 3. The molecule has 0 saturated heterocycles. The summed E-state index contributed by atoms with van der Waals surface area (Å²) in [5, 5.41) is 2.74. The second-order valence-corrected chi connectivity index (χ2v) is 4.74. The molecule has 5 heteroatoms. The average Bonchev–Trinajstić information content (AvgIpc) is 2.55. The maximum atomic E-state index is 12.8. The zero-order valence-corrected chi connectivity index (χ0v) is 12.8. The van der Waals surface area contributed by atoms with Gasteiger partial charge in [0.15, 0.2) is 0 Å². The van der Waals surface area contributed by atoms with Gasteiger partial charge in [-0.2, -0.15) is 0 Å². The predicted molar refractivity (Wildman–Crippen MR) is 87.9 cm³/mol. The highest BCUT2D eigenvalue weighted by atomic mass is 19.1. The number of halogens is 1. The Labute approximate surface area is 134 Å². The Bertz CT molecular complexity index is 668. The molecule has 2 aromatic carbocycles. The van der Waals surface area contributed by atoms with Crippen molar-refractivity contribution < 1.29 is 18.7 Å². The summed E-state index contributed by atoms with van der Waals surface area (Å²) < 4.78 is 23.2. The highest BCUT2D eigenvalue weighted by Crippen LogP contribution is 2.17. The highest BCUT2D eigenvalue weighted by Gasteiger charge is 2.00. The van der Waals surface area contributed by atoms with Crippen LogP contribution in [0.15, 0.2) is 54.6 Å². The first kappa shape index (κ1) is 16.7. The van der Waals surface area contributed by atoms with Crippen molar-refractivity contribution in [3.05, 3.63) is 66.0 Å². The van der Waals surface area contributed by atoms with Crippen molar-refractivity contribution in [3.8, 4) is 5.75 Å². The van der Waals surface area contributed by atoms with Crippen LogP contribution in [0.1, 0.15) is 5.56 Å². The van der Waals surface area contributed by atoms with Gasteiger partial charge in [0, 0.05) is 24.9 Å². The molecule has 0 fully saturated rings. The number of carbonyl (C=O) groups excluding carboxylic acids is 1. The topological polar surface area (TPSA) is 47.6 Å². The Balaban J connectivity index is 1.91. The lowest BCUT2D eigenvalue weighted by molar-refractivity contribution is -0.111. The average molecular weight is 315 g/mol. The number of benzene rings is 2. The predicted octanol–water partition coefficient (Wildman–Crippen LogP) is 3.50. The van der Waals surface area contributed by atoms with Crippen molar-refractivity contribution in [1.29, 1.82) is 0 Å². The largest absolute Gasteiger partial charge is 0.491 e. The third kappa shape index (κ3) is 5.92. The molecule has 1 N–H and O–H groups in total. The lowest BCUT2D eigenvalue weighted by Crippen LogP contribution is -2.08. The summed E-state index contributed by atoms with van der Waals surface area (Å²) in [6.45, 7) is 0.940. The van der Waals surface area contributed by atoms with Gasteiger partial charge >= 0.3 is 0 Å². The van der Waals surface area contributed by atoms with Crippen LogP contribution in [0, 0.1) is 5.82 Å². The molecule has 0 spiro atoms. The second kappa shape index (κ2) is 8.70. The summed E-state index contributed by atoms with van der Waals surface area (Å²) in [4.78, 5) is 11.9. The molecule has 2 aromatic rings. The van der Waals surface area contributed by atoms with Crippen LogP contribution in [-0.4, -0.2) is 26.2 Å². The summed E-state index contributed by atoms with van der Waals surface area (Å²) in [6, 6.07) is 13.0. The van der Waals surface area contributed by atoms with Gasteiger partial charge in [0.05, 0.1) is 6.61 Å². The molecule has 0 bridgehead atoms. The van der Waals surface area contributed by atoms with Crippen molar-refractivity contribution in [2.24, 2.45) is 0 Å². The van der Waals surface area contributed by atoms with Crippen molar-refractivity contribution in [2.75, 3.05) is 25.6 Å². The number of methoxy groups -OCH3 is 1. The monoisotopic (exact) mass is 315 g/mol. The molecule has 0 aliphatic rings. The molecule has 0 unspecified atom stereocenters. The van der Waals surface area contributed by atoms with Gasteiger partial charge in [0.1, 0.15) is 18.2 Å². The molecule has 0 aliphatic heterocycles. The molecule has 120 valence electrons. The van der Waals surface area contributed by atoms with E-state index in [2.05, 4.69) is 5.32 Å². The lowest BCUT2D eigenvalue weighted by Gasteiger charge is -2.07. The van der Waals surface area contributed by atoms with Gasteiger partial charge in [0.2, 0.25) is 5.91 Å². The van der Waals surface area contributed by atoms with E-state index in [1.807, 2.05) is 0 Å². The van der Waals surface area contributed by atoms with Gasteiger partial charge in [-0.15, -0.1) is 0 Å². The van der Waals surface area contributed by atoms with E-state index in [0.717, 1.165) is 5.56 Å². The zero-order valence-electron chi connectivity index (χ0n) is 12.8. The number of anilines is 1. The molecule has 0 aliphatic carbocycles. The Morgan fingerprint density at radius 2 is 1.96 bits per heavy atom. The summed E-state index contributed by atoms with van der Waals surface area (Å²) in [6.07, 6.45) is 3.01. The Morgan fingerprint density at radius 3 is 2.70 bits per heavy atom. The molecular formula is C18H18FNO3. The fourth-order valence-electron chi connectivity index (χ4n) is 1.84. The van der Waals surface area contributed by atoms with Crippen molar-refractivity contribution in [2.45, 2.75) is 0 Å². The Kier molecular flexibility index (Phi) is 6.32. The van der Waals surface area contributed by atoms with E-state index >= 15 is 0 Å². The van der Waals surface area contributed by atoms with E-state index in [4.69, 9.17) is 9.47 Å². The number of carbonyl (C=O) groups is 1. The van der Waals surface area contributed by atoms with E-state index < -0.39 is 0 Å². The Hall–Kier alpha value is -2.66. The van der Waals surface area contributed by atoms with Crippen LogP contribution in [-0.2, 0) is 9.53 Å². The highest BCUT2D eigenvalue weighted by molar-refractivity contribution is 6.02. The fraction of sp³-hybridized carbons (Fsp3) is 0.167. The Morgan fingerprint density at radius 1 is 1.17 bits per heavy atom. The molecule has 4 nitrogen and oxygen atoms in total. The molecule has 0 saturated carbocycles. The lowest BCUT2D eigenvalue weighted by atomic mass is 10.2. The van der Waals surface area contributed by atoms with Crippen molar-refractivity contribution >= 4 is 17.7 Å². The standard InChI is InChI=1S/C18H18FNO3/c1-22-11-12-23-17-4-2-3-16(13-17)20-18(21)10-7-14-5-8-15(19)9-6-14/h2-10,13H,11-12H2,1H3,(H,20,21)/b10-7+. The van der Waals surface area contributed by atoms with Crippen LogP contribution in [0.3, 0.4) is 0 Å². The summed E-state index contributed by atoms with van der Waals surface area (Å²) in [5.74, 6) is 0.0719. The maximum Gasteiger partial charge on any atom is 0.248 e. The molecule has 0 atom stereocenters.